The predicted octanol–water partition coefficient (Wildman–Crippen LogP) is 13.6. The summed E-state index contributed by atoms with van der Waals surface area (Å²) >= 11 is 0. The molecule has 2 nitrogen and oxygen atoms in total. The number of nitrogens with zero attached hydrogens (tertiary/aromatic N) is 2. The molecule has 0 radical (unpaired) electrons. The van der Waals surface area contributed by atoms with Crippen LogP contribution in [0.2, 0.25) is 13.1 Å². The second kappa shape index (κ2) is 14.0. The van der Waals surface area contributed by atoms with Crippen LogP contribution in [0.4, 0.5) is 0 Å². The summed E-state index contributed by atoms with van der Waals surface area (Å²) in [7, 11) is -1.89. The molecule has 59 heavy (non-hydrogen) atoms. The average molecular weight is 769 g/mol. The lowest BCUT2D eigenvalue weighted by Crippen LogP contribution is -2.49. The summed E-state index contributed by atoms with van der Waals surface area (Å²) in [6.07, 6.45) is 0. The molecule has 1 aliphatic rings. The number of hydrogen-bond acceptors (Lipinski definition) is 2. The van der Waals surface area contributed by atoms with Crippen LogP contribution in [0.3, 0.4) is 0 Å². The van der Waals surface area contributed by atoms with Crippen molar-refractivity contribution in [3.63, 3.8) is 0 Å². The van der Waals surface area contributed by atoms with Gasteiger partial charge in [0.15, 0.2) is 5.82 Å². The molecule has 0 unspecified atom stereocenters. The maximum absolute atomic E-state index is 5.47. The summed E-state index contributed by atoms with van der Waals surface area (Å²) in [4.78, 5) is 10.9. The van der Waals surface area contributed by atoms with Crippen LogP contribution in [-0.4, -0.2) is 18.0 Å². The Labute approximate surface area is 346 Å². The molecule has 0 aliphatic carbocycles. The molecule has 1 aliphatic heterocycles. The smallest absolute Gasteiger partial charge is 0.161 e. The van der Waals surface area contributed by atoms with E-state index in [0.29, 0.717) is 5.82 Å². The summed E-state index contributed by atoms with van der Waals surface area (Å²) in [5, 5.41) is 7.71. The first kappa shape index (κ1) is 35.0. The zero-order chi connectivity index (χ0) is 39.5. The third kappa shape index (κ3) is 5.85. The molecule has 0 fully saturated rings. The van der Waals surface area contributed by atoms with E-state index < -0.39 is 8.07 Å². The van der Waals surface area contributed by atoms with Crippen LogP contribution in [0, 0.1) is 0 Å². The SMILES string of the molecule is C[Si]1(C)c2ccccc2-c2c(-c3c4ccccc4c(-c4nc(-c5ccc(-c6ccccc6)cc5)cc(-c5ccc(-c6ccccc6)cc5)n4)c4ccccc34)cccc21. The number of fused-ring (bicyclic) bond motifs is 5. The Morgan fingerprint density at radius 3 is 1.22 bits per heavy atom. The van der Waals surface area contributed by atoms with Crippen molar-refractivity contribution in [3.8, 4) is 78.4 Å². The van der Waals surface area contributed by atoms with E-state index in [0.717, 1.165) is 38.9 Å². The highest BCUT2D eigenvalue weighted by Gasteiger charge is 2.38. The lowest BCUT2D eigenvalue weighted by molar-refractivity contribution is 1.19. The minimum Gasteiger partial charge on any atom is -0.228 e. The summed E-state index contributed by atoms with van der Waals surface area (Å²) in [5.41, 5.74) is 15.0. The van der Waals surface area contributed by atoms with Gasteiger partial charge in [0, 0.05) is 16.7 Å². The Morgan fingerprint density at radius 1 is 0.305 bits per heavy atom. The van der Waals surface area contributed by atoms with E-state index in [9.17, 15) is 0 Å². The van der Waals surface area contributed by atoms with Crippen molar-refractivity contribution < 1.29 is 0 Å². The molecule has 0 bridgehead atoms. The average Bonchev–Trinajstić information content (AvgIpc) is 3.54. The fraction of sp³-hybridized carbons (Fsp3) is 0.0357. The fourth-order valence-corrected chi connectivity index (χ4v) is 12.5. The standard InChI is InChI=1S/C56H40N2Si/c1-59(2)51-26-14-13-24-47(51)54-48(25-15-27-52(54)59)53-43-20-9-11-22-45(43)55(46-23-12-10-21-44(46)53)56-57-49(41-32-28-39(29-33-41)37-16-5-3-6-17-37)36-50(58-56)42-34-30-40(31-35-42)38-18-7-4-8-19-38/h3-36H,1-2H3. The Balaban J connectivity index is 1.15. The van der Waals surface area contributed by atoms with Gasteiger partial charge in [0.1, 0.15) is 8.07 Å². The molecule has 11 rings (SSSR count). The molecule has 9 aromatic carbocycles. The van der Waals surface area contributed by atoms with Crippen LogP contribution >= 0.6 is 0 Å². The van der Waals surface area contributed by atoms with Crippen LogP contribution in [-0.2, 0) is 0 Å². The van der Waals surface area contributed by atoms with Crippen molar-refractivity contribution in [2.24, 2.45) is 0 Å². The van der Waals surface area contributed by atoms with Gasteiger partial charge in [-0.1, -0.05) is 213 Å². The molecule has 0 spiro atoms. The van der Waals surface area contributed by atoms with Crippen molar-refractivity contribution in [2.45, 2.75) is 13.1 Å². The van der Waals surface area contributed by atoms with Crippen molar-refractivity contribution in [1.82, 2.24) is 9.97 Å². The second-order valence-corrected chi connectivity index (χ2v) is 20.4. The quantitative estimate of drug-likeness (QED) is 0.124. The van der Waals surface area contributed by atoms with E-state index >= 15 is 0 Å². The van der Waals surface area contributed by atoms with E-state index in [4.69, 9.17) is 9.97 Å². The van der Waals surface area contributed by atoms with Crippen LogP contribution in [0.5, 0.6) is 0 Å². The molecular weight excluding hydrogens is 729 g/mol. The van der Waals surface area contributed by atoms with Gasteiger partial charge in [0.2, 0.25) is 0 Å². The maximum Gasteiger partial charge on any atom is 0.161 e. The summed E-state index contributed by atoms with van der Waals surface area (Å²) in [5.74, 6) is 0.716. The highest BCUT2D eigenvalue weighted by Crippen LogP contribution is 2.47. The molecule has 2 heterocycles. The Kier molecular flexibility index (Phi) is 8.31. The zero-order valence-electron chi connectivity index (χ0n) is 33.0. The van der Waals surface area contributed by atoms with E-state index in [1.807, 2.05) is 0 Å². The molecule has 0 N–H and O–H groups in total. The Hall–Kier alpha value is -7.20. The van der Waals surface area contributed by atoms with Crippen molar-refractivity contribution >= 4 is 40.0 Å². The highest BCUT2D eigenvalue weighted by molar-refractivity contribution is 7.04. The predicted molar refractivity (Wildman–Crippen MR) is 252 cm³/mol. The number of aromatic nitrogens is 2. The molecule has 10 aromatic rings. The van der Waals surface area contributed by atoms with Crippen LogP contribution in [0.15, 0.2) is 206 Å². The number of benzene rings is 9. The van der Waals surface area contributed by atoms with E-state index in [1.165, 1.54) is 65.7 Å². The molecule has 0 atom stereocenters. The normalized spacial score (nSPS) is 12.7. The largest absolute Gasteiger partial charge is 0.228 e. The van der Waals surface area contributed by atoms with E-state index in [2.05, 4.69) is 219 Å². The van der Waals surface area contributed by atoms with Gasteiger partial charge >= 0.3 is 0 Å². The highest BCUT2D eigenvalue weighted by atomic mass is 28.3. The first-order chi connectivity index (χ1) is 29.0. The van der Waals surface area contributed by atoms with Gasteiger partial charge in [-0.3, -0.25) is 0 Å². The first-order valence-electron chi connectivity index (χ1n) is 20.4. The molecule has 278 valence electrons. The summed E-state index contributed by atoms with van der Waals surface area (Å²) < 4.78 is 0. The first-order valence-corrected chi connectivity index (χ1v) is 23.4. The Morgan fingerprint density at radius 2 is 0.695 bits per heavy atom. The van der Waals surface area contributed by atoms with Gasteiger partial charge in [-0.05, 0) is 82.5 Å². The van der Waals surface area contributed by atoms with E-state index in [-0.39, 0.29) is 0 Å². The monoisotopic (exact) mass is 768 g/mol. The molecule has 0 amide bonds. The van der Waals surface area contributed by atoms with Gasteiger partial charge < -0.3 is 0 Å². The van der Waals surface area contributed by atoms with Crippen molar-refractivity contribution in [2.75, 3.05) is 0 Å². The van der Waals surface area contributed by atoms with Gasteiger partial charge in [0.05, 0.1) is 11.4 Å². The molecule has 0 saturated carbocycles. The number of rotatable bonds is 6. The molecular formula is C56H40N2Si. The van der Waals surface area contributed by atoms with E-state index in [1.54, 1.807) is 0 Å². The van der Waals surface area contributed by atoms with Gasteiger partial charge in [0.25, 0.3) is 0 Å². The van der Waals surface area contributed by atoms with Gasteiger partial charge in [-0.15, -0.1) is 0 Å². The lowest BCUT2D eigenvalue weighted by Gasteiger charge is -2.21. The fourth-order valence-electron chi connectivity index (χ4n) is 9.41. The maximum atomic E-state index is 5.47. The summed E-state index contributed by atoms with van der Waals surface area (Å²) in [6.45, 7) is 4.99. The Bertz CT molecular complexity index is 3050. The van der Waals surface area contributed by atoms with Crippen molar-refractivity contribution in [1.29, 1.82) is 0 Å². The van der Waals surface area contributed by atoms with Crippen LogP contribution in [0.25, 0.3) is 100.0 Å². The topological polar surface area (TPSA) is 25.8 Å². The van der Waals surface area contributed by atoms with Crippen LogP contribution < -0.4 is 10.4 Å². The number of hydrogen-bond donors (Lipinski definition) is 0. The molecule has 3 heteroatoms. The minimum atomic E-state index is -1.89. The van der Waals surface area contributed by atoms with Gasteiger partial charge in [-0.2, -0.15) is 0 Å². The second-order valence-electron chi connectivity index (χ2n) is 16.1. The van der Waals surface area contributed by atoms with Crippen LogP contribution in [0.1, 0.15) is 0 Å². The third-order valence-corrected chi connectivity index (χ3v) is 15.9. The molecule has 0 saturated heterocycles. The summed E-state index contributed by atoms with van der Waals surface area (Å²) in [6, 6.07) is 74.6. The zero-order valence-corrected chi connectivity index (χ0v) is 34.0. The van der Waals surface area contributed by atoms with Gasteiger partial charge in [-0.25, -0.2) is 9.97 Å². The third-order valence-electron chi connectivity index (χ3n) is 12.3. The minimum absolute atomic E-state index is 0.716. The lowest BCUT2D eigenvalue weighted by atomic mass is 9.85. The van der Waals surface area contributed by atoms with Crippen molar-refractivity contribution in [3.05, 3.63) is 206 Å². The molecule has 1 aromatic heterocycles.